The van der Waals surface area contributed by atoms with E-state index in [-0.39, 0.29) is 5.92 Å². The molecule has 1 aromatic carbocycles. The molecule has 0 bridgehead atoms. The highest BCUT2D eigenvalue weighted by Gasteiger charge is 2.25. The summed E-state index contributed by atoms with van der Waals surface area (Å²) >= 11 is 0. The Hall–Kier alpha value is -2.50. The molecule has 0 radical (unpaired) electrons. The van der Waals surface area contributed by atoms with Crippen molar-refractivity contribution in [3.8, 4) is 10.9 Å². The molecule has 25 heavy (non-hydrogen) atoms. The van der Waals surface area contributed by atoms with Gasteiger partial charge in [-0.05, 0) is 53.1 Å². The van der Waals surface area contributed by atoms with E-state index < -0.39 is 5.60 Å². The van der Waals surface area contributed by atoms with Crippen LogP contribution in [0, 0.1) is 11.1 Å². The highest BCUT2D eigenvalue weighted by Crippen LogP contribution is 2.21. The van der Waals surface area contributed by atoms with E-state index in [0.717, 1.165) is 22.2 Å². The van der Waals surface area contributed by atoms with Crippen LogP contribution in [0.1, 0.15) is 27.2 Å². The van der Waals surface area contributed by atoms with E-state index in [0.29, 0.717) is 12.3 Å². The Morgan fingerprint density at radius 2 is 2.08 bits per heavy atom. The minimum atomic E-state index is -0.470. The Kier molecular flexibility index (Phi) is 6.86. The van der Waals surface area contributed by atoms with Gasteiger partial charge < -0.3 is 9.47 Å². The molecule has 0 saturated carbocycles. The molecule has 1 aromatic rings. The fraction of sp³-hybridized carbons (Fsp3) is 0.389. The molecule has 0 spiro atoms. The quantitative estimate of drug-likeness (QED) is 0.197. The van der Waals surface area contributed by atoms with Crippen molar-refractivity contribution in [1.82, 2.24) is 0 Å². The second-order valence-corrected chi connectivity index (χ2v) is 6.88. The maximum absolute atomic E-state index is 6.08. The number of hydrogen-bond donors (Lipinski definition) is 2. The lowest BCUT2D eigenvalue weighted by molar-refractivity contribution is 0.122. The Labute approximate surface area is 151 Å². The van der Waals surface area contributed by atoms with E-state index in [9.17, 15) is 0 Å². The number of benzene rings is 1. The van der Waals surface area contributed by atoms with Gasteiger partial charge in [-0.1, -0.05) is 30.2 Å². The average molecular weight is 360 g/mol. The van der Waals surface area contributed by atoms with Gasteiger partial charge in [-0.3, -0.25) is 5.43 Å². The molecule has 1 atom stereocenters. The number of ether oxygens (including phenoxy) is 2. The van der Waals surface area contributed by atoms with Crippen LogP contribution in [0.5, 0.6) is 5.75 Å². The lowest BCUT2D eigenvalue weighted by Gasteiger charge is -2.26. The first kappa shape index (κ1) is 18.8. The van der Waals surface area contributed by atoms with Gasteiger partial charge in [0.25, 0.3) is 0 Å². The van der Waals surface area contributed by atoms with E-state index in [1.807, 2.05) is 62.6 Å². The Bertz CT molecular complexity index is 779. The Balaban J connectivity index is 2.00. The van der Waals surface area contributed by atoms with Crippen LogP contribution in [-0.2, 0) is 4.74 Å². The molecule has 1 heterocycles. The van der Waals surface area contributed by atoms with Crippen LogP contribution < -0.4 is 10.2 Å². The van der Waals surface area contributed by atoms with Crippen molar-refractivity contribution < 1.29 is 9.47 Å². The van der Waals surface area contributed by atoms with Gasteiger partial charge in [0.15, 0.2) is 0 Å². The first-order valence-corrected chi connectivity index (χ1v) is 8.99. The summed E-state index contributed by atoms with van der Waals surface area (Å²) in [6.45, 7) is 6.02. The van der Waals surface area contributed by atoms with Crippen molar-refractivity contribution in [1.29, 1.82) is 0 Å². The van der Waals surface area contributed by atoms with Gasteiger partial charge in [-0.25, -0.2) is 0 Å². The Morgan fingerprint density at radius 1 is 1.32 bits per heavy atom. The zero-order valence-electron chi connectivity index (χ0n) is 14.9. The number of methoxy groups -OCH3 is 1. The molecule has 7 heteroatoms. The number of allylic oxidation sites excluding steroid dienone is 1. The summed E-state index contributed by atoms with van der Waals surface area (Å²) in [5, 5.41) is 17.2. The highest BCUT2D eigenvalue weighted by molar-refractivity contribution is 7.87. The van der Waals surface area contributed by atoms with Crippen LogP contribution in [0.3, 0.4) is 0 Å². The topological polar surface area (TPSA) is 67.6 Å². The fourth-order valence-corrected chi connectivity index (χ4v) is 2.66. The van der Waals surface area contributed by atoms with Crippen molar-refractivity contribution in [3.05, 3.63) is 36.4 Å². The molecule has 0 saturated heterocycles. The molecule has 6 nitrogen and oxygen atoms in total. The largest absolute Gasteiger partial charge is 0.497 e. The van der Waals surface area contributed by atoms with Gasteiger partial charge >= 0.3 is 0 Å². The van der Waals surface area contributed by atoms with Gasteiger partial charge in [0, 0.05) is 5.92 Å². The normalized spacial score (nSPS) is 20.1. The molecule has 0 aromatic heterocycles. The molecular weight excluding hydrogens is 336 g/mol. The number of nitrogens with one attached hydrogen (secondary N) is 1. The van der Waals surface area contributed by atoms with Crippen LogP contribution in [-0.4, -0.2) is 24.0 Å². The summed E-state index contributed by atoms with van der Waals surface area (Å²) in [5.41, 5.74) is 3.15. The van der Waals surface area contributed by atoms with Gasteiger partial charge in [0.2, 0.25) is 5.90 Å². The lowest BCUT2D eigenvalue weighted by Crippen LogP contribution is -2.31. The molecule has 0 unspecified atom stereocenters. The standard InChI is InChI=1S/C18H24N4O2S/c1-14(2)17(24-18(3)10-5-12-25-13-11-18)20-22-21-19-15-6-8-16(23-4)9-7-15/h5-10,12,14,25H,11H2,1-4H3,(H,19,22)/b20-17+/t18-/m1/s1. The molecule has 2 rings (SSSR count). The molecule has 1 N–H and O–H groups in total. The first-order valence-electron chi connectivity index (χ1n) is 8.03. The molecular formula is C18H24N4O2S. The number of nitrogens with zero attached hydrogens (tertiary/aromatic N) is 3. The molecule has 134 valence electrons. The first-order chi connectivity index (χ1) is 12.0. The van der Waals surface area contributed by atoms with Crippen molar-refractivity contribution in [3.63, 3.8) is 0 Å². The summed E-state index contributed by atoms with van der Waals surface area (Å²) < 4.78 is 11.2. The third-order valence-electron chi connectivity index (χ3n) is 3.42. The van der Waals surface area contributed by atoms with Gasteiger partial charge in [-0.15, -0.1) is 0 Å². The summed E-state index contributed by atoms with van der Waals surface area (Å²) in [6.07, 6.45) is 4.70. The molecule has 1 aliphatic heterocycles. The van der Waals surface area contributed by atoms with Crippen LogP contribution in [0.2, 0.25) is 0 Å². The lowest BCUT2D eigenvalue weighted by atomic mass is 10.0. The summed E-state index contributed by atoms with van der Waals surface area (Å²) in [7, 11) is 2.69. The minimum absolute atomic E-state index is 0.0925. The van der Waals surface area contributed by atoms with Crippen molar-refractivity contribution in [2.24, 2.45) is 21.5 Å². The number of rotatable bonds is 6. The van der Waals surface area contributed by atoms with Crippen LogP contribution in [0.15, 0.2) is 52.0 Å². The fourth-order valence-electron chi connectivity index (χ4n) is 1.98. The third-order valence-corrected chi connectivity index (χ3v) is 4.08. The van der Waals surface area contributed by atoms with Crippen LogP contribution in [0.25, 0.3) is 0 Å². The second-order valence-electron chi connectivity index (χ2n) is 6.01. The molecule has 0 fully saturated rings. The number of hydrogen-bond acceptors (Lipinski definition) is 4. The van der Waals surface area contributed by atoms with Gasteiger partial charge in [-0.2, -0.15) is 10.8 Å². The summed E-state index contributed by atoms with van der Waals surface area (Å²) in [5.74, 6) is 1.41. The van der Waals surface area contributed by atoms with E-state index in [2.05, 4.69) is 26.2 Å². The maximum atomic E-state index is 6.08. The van der Waals surface area contributed by atoms with E-state index in [4.69, 9.17) is 9.47 Å². The predicted molar refractivity (Wildman–Crippen MR) is 106 cm³/mol. The minimum Gasteiger partial charge on any atom is -0.497 e. The maximum Gasteiger partial charge on any atom is 0.213 e. The predicted octanol–water partition coefficient (Wildman–Crippen LogP) is 4.41. The number of anilines is 1. The van der Waals surface area contributed by atoms with Crippen molar-refractivity contribution in [2.45, 2.75) is 32.8 Å². The van der Waals surface area contributed by atoms with Gasteiger partial charge in [0.1, 0.15) is 11.4 Å². The zero-order valence-corrected chi connectivity index (χ0v) is 15.8. The number of thiol groups is 1. The van der Waals surface area contributed by atoms with Crippen molar-refractivity contribution in [2.75, 3.05) is 12.5 Å². The van der Waals surface area contributed by atoms with Crippen LogP contribution >= 0.6 is 10.8 Å². The second kappa shape index (κ2) is 9.11. The molecule has 0 amide bonds. The molecule has 1 aliphatic rings. The van der Waals surface area contributed by atoms with E-state index >= 15 is 0 Å². The van der Waals surface area contributed by atoms with Crippen LogP contribution in [0.4, 0.5) is 5.69 Å². The summed E-state index contributed by atoms with van der Waals surface area (Å²) in [6, 6.07) is 7.37. The Morgan fingerprint density at radius 3 is 2.76 bits per heavy atom. The van der Waals surface area contributed by atoms with Crippen molar-refractivity contribution >= 4 is 27.7 Å². The van der Waals surface area contributed by atoms with Gasteiger partial charge in [0.05, 0.1) is 19.2 Å². The highest BCUT2D eigenvalue weighted by atomic mass is 32.1. The zero-order chi connectivity index (χ0) is 18.1. The van der Waals surface area contributed by atoms with E-state index in [1.165, 1.54) is 0 Å². The smallest absolute Gasteiger partial charge is 0.213 e. The average Bonchev–Trinajstić information content (AvgIpc) is 2.82. The van der Waals surface area contributed by atoms with E-state index in [1.54, 1.807) is 7.11 Å². The monoisotopic (exact) mass is 360 g/mol. The molecule has 0 aliphatic carbocycles. The SMILES string of the molecule is COc1ccc(N/N=N\N=C(\O[C@]2(C)C=CC=[SH]#CC2)C(C)C)cc1. The summed E-state index contributed by atoms with van der Waals surface area (Å²) in [4.78, 5) is 0. The third kappa shape index (κ3) is 6.14.